The van der Waals surface area contributed by atoms with Gasteiger partial charge in [0.25, 0.3) is 0 Å². The second-order valence-electron chi connectivity index (χ2n) is 12.0. The Labute approximate surface area is 277 Å². The van der Waals surface area contributed by atoms with Gasteiger partial charge in [-0.05, 0) is 141 Å². The summed E-state index contributed by atoms with van der Waals surface area (Å²) >= 11 is 0. The van der Waals surface area contributed by atoms with Crippen molar-refractivity contribution in [1.82, 2.24) is 0 Å². The van der Waals surface area contributed by atoms with Crippen LogP contribution in [-0.2, 0) is 9.47 Å². The van der Waals surface area contributed by atoms with Crippen LogP contribution in [0.15, 0.2) is 107 Å². The molecule has 4 atom stereocenters. The van der Waals surface area contributed by atoms with Gasteiger partial charge in [0.2, 0.25) is 0 Å². The van der Waals surface area contributed by atoms with E-state index in [0.29, 0.717) is 13.2 Å². The fraction of sp³-hybridized carbons (Fsp3) is 0.333. The Balaban J connectivity index is 0.862. The quantitative estimate of drug-likeness (QED) is 0.0811. The summed E-state index contributed by atoms with van der Waals surface area (Å²) in [6.07, 6.45) is 7.32. The normalized spacial score (nSPS) is 18.2. The average Bonchev–Trinajstić information content (AvgIpc) is 4.03. The van der Waals surface area contributed by atoms with Gasteiger partial charge < -0.3 is 28.4 Å². The molecule has 47 heavy (non-hydrogen) atoms. The average molecular weight is 635 g/mol. The number of aliphatic imine (C=N–C) groups is 2. The van der Waals surface area contributed by atoms with Gasteiger partial charge in [0, 0.05) is 12.4 Å². The molecule has 0 saturated carbocycles. The molecular formula is C39H42N2O6. The van der Waals surface area contributed by atoms with Crippen LogP contribution in [0.1, 0.15) is 44.2 Å². The summed E-state index contributed by atoms with van der Waals surface area (Å²) in [5, 5.41) is 0. The zero-order valence-corrected chi connectivity index (χ0v) is 27.0. The second kappa shape index (κ2) is 16.3. The van der Waals surface area contributed by atoms with E-state index in [4.69, 9.17) is 28.4 Å². The van der Waals surface area contributed by atoms with E-state index in [2.05, 4.69) is 23.8 Å². The van der Waals surface area contributed by atoms with E-state index in [-0.39, 0.29) is 24.4 Å². The van der Waals surface area contributed by atoms with Crippen molar-refractivity contribution < 1.29 is 28.4 Å². The molecule has 0 aromatic heterocycles. The molecular weight excluding hydrogens is 592 g/mol. The largest absolute Gasteiger partial charge is 0.491 e. The van der Waals surface area contributed by atoms with Gasteiger partial charge in [0.15, 0.2) is 0 Å². The van der Waals surface area contributed by atoms with E-state index in [0.717, 1.165) is 78.0 Å². The smallest absolute Gasteiger partial charge is 0.119 e. The van der Waals surface area contributed by atoms with Crippen LogP contribution in [0, 0.1) is 0 Å². The van der Waals surface area contributed by atoms with Crippen LogP contribution in [0.4, 0.5) is 11.4 Å². The van der Waals surface area contributed by atoms with Crippen LogP contribution in [0.3, 0.4) is 0 Å². The maximum Gasteiger partial charge on any atom is 0.119 e. The molecule has 0 amide bonds. The van der Waals surface area contributed by atoms with E-state index < -0.39 is 0 Å². The third-order valence-electron chi connectivity index (χ3n) is 7.73. The van der Waals surface area contributed by atoms with Crippen LogP contribution >= 0.6 is 0 Å². The van der Waals surface area contributed by atoms with Crippen molar-refractivity contribution in [2.24, 2.45) is 9.98 Å². The van der Waals surface area contributed by atoms with E-state index >= 15 is 0 Å². The zero-order valence-electron chi connectivity index (χ0n) is 27.0. The third kappa shape index (κ3) is 11.3. The minimum absolute atomic E-state index is 0.105. The first kappa shape index (κ1) is 32.3. The molecule has 0 aliphatic carbocycles. The van der Waals surface area contributed by atoms with Crippen molar-refractivity contribution in [2.45, 2.75) is 57.5 Å². The zero-order chi connectivity index (χ0) is 32.3. The van der Waals surface area contributed by atoms with Crippen LogP contribution in [0.2, 0.25) is 0 Å². The molecule has 8 heteroatoms. The number of hydrogen-bond donors (Lipinski definition) is 0. The predicted octanol–water partition coefficient (Wildman–Crippen LogP) is 8.15. The second-order valence-corrected chi connectivity index (χ2v) is 12.0. The van der Waals surface area contributed by atoms with Gasteiger partial charge in [0.1, 0.15) is 48.4 Å². The minimum Gasteiger partial charge on any atom is -0.491 e. The summed E-state index contributed by atoms with van der Waals surface area (Å²) < 4.78 is 34.0. The summed E-state index contributed by atoms with van der Waals surface area (Å²) in [6, 6.07) is 31.6. The lowest BCUT2D eigenvalue weighted by molar-refractivity contribution is 0.179. The third-order valence-corrected chi connectivity index (χ3v) is 7.73. The van der Waals surface area contributed by atoms with E-state index in [9.17, 15) is 0 Å². The molecule has 8 nitrogen and oxygen atoms in total. The van der Waals surface area contributed by atoms with Crippen molar-refractivity contribution in [3.05, 3.63) is 108 Å². The first-order valence-corrected chi connectivity index (χ1v) is 16.3. The Morgan fingerprint density at radius 3 is 1.30 bits per heavy atom. The monoisotopic (exact) mass is 634 g/mol. The molecule has 6 rings (SSSR count). The first-order chi connectivity index (χ1) is 23.0. The lowest BCUT2D eigenvalue weighted by atomic mass is 10.1. The fourth-order valence-electron chi connectivity index (χ4n) is 4.80. The highest BCUT2D eigenvalue weighted by Crippen LogP contribution is 2.23. The van der Waals surface area contributed by atoms with Gasteiger partial charge in [0.05, 0.1) is 36.8 Å². The molecule has 2 fully saturated rings. The minimum atomic E-state index is 0.105. The predicted molar refractivity (Wildman–Crippen MR) is 185 cm³/mol. The van der Waals surface area contributed by atoms with Crippen LogP contribution in [0.25, 0.3) is 0 Å². The SMILES string of the molecule is CC(CCCC(C)Oc1ccc(C=Nc2ccc(OCC3CO3)cc2)cc1)Oc1ccc(C=Nc2ccc(OCC3CO3)cc2)cc1. The van der Waals surface area contributed by atoms with E-state index in [1.165, 1.54) is 0 Å². The van der Waals surface area contributed by atoms with Gasteiger partial charge in [-0.25, -0.2) is 0 Å². The maximum atomic E-state index is 6.15. The molecule has 0 bridgehead atoms. The van der Waals surface area contributed by atoms with Crippen molar-refractivity contribution in [3.63, 3.8) is 0 Å². The molecule has 2 aliphatic heterocycles. The highest BCUT2D eigenvalue weighted by molar-refractivity contribution is 5.82. The number of hydrogen-bond acceptors (Lipinski definition) is 8. The molecule has 244 valence electrons. The highest BCUT2D eigenvalue weighted by Gasteiger charge is 2.23. The fourth-order valence-corrected chi connectivity index (χ4v) is 4.80. The summed E-state index contributed by atoms with van der Waals surface area (Å²) in [5.74, 6) is 3.37. The van der Waals surface area contributed by atoms with Crippen molar-refractivity contribution in [2.75, 3.05) is 26.4 Å². The topological polar surface area (TPSA) is 86.7 Å². The summed E-state index contributed by atoms with van der Waals surface area (Å²) in [7, 11) is 0. The maximum absolute atomic E-state index is 6.15. The molecule has 0 N–H and O–H groups in total. The molecule has 0 radical (unpaired) electrons. The first-order valence-electron chi connectivity index (χ1n) is 16.3. The Bertz CT molecular complexity index is 1460. The number of rotatable bonds is 18. The molecule has 2 saturated heterocycles. The molecule has 4 aromatic carbocycles. The lowest BCUT2D eigenvalue weighted by Gasteiger charge is -2.18. The lowest BCUT2D eigenvalue weighted by Crippen LogP contribution is -2.15. The summed E-state index contributed by atoms with van der Waals surface area (Å²) in [5.41, 5.74) is 3.77. The Morgan fingerprint density at radius 2 is 0.936 bits per heavy atom. The number of nitrogens with zero attached hydrogens (tertiary/aromatic N) is 2. The van der Waals surface area contributed by atoms with E-state index in [1.807, 2.05) is 109 Å². The number of epoxide rings is 2. The van der Waals surface area contributed by atoms with Gasteiger partial charge in [-0.3, -0.25) is 9.98 Å². The Morgan fingerprint density at radius 1 is 0.574 bits per heavy atom. The highest BCUT2D eigenvalue weighted by atomic mass is 16.6. The van der Waals surface area contributed by atoms with Gasteiger partial charge in [-0.1, -0.05) is 0 Å². The van der Waals surface area contributed by atoms with Crippen molar-refractivity contribution in [3.8, 4) is 23.0 Å². The molecule has 4 unspecified atom stereocenters. The molecule has 4 aromatic rings. The van der Waals surface area contributed by atoms with Gasteiger partial charge in [-0.15, -0.1) is 0 Å². The van der Waals surface area contributed by atoms with E-state index in [1.54, 1.807) is 0 Å². The summed E-state index contributed by atoms with van der Waals surface area (Å²) in [6.45, 7) is 7.00. The van der Waals surface area contributed by atoms with Crippen LogP contribution < -0.4 is 18.9 Å². The van der Waals surface area contributed by atoms with Crippen LogP contribution in [-0.4, -0.2) is 63.3 Å². The Hall–Kier alpha value is -4.66. The standard InChI is InChI=1S/C39H42N2O6/c1-28(46-36-14-6-30(7-15-36)22-40-32-10-18-34(19-11-32)42-24-38-26-44-38)4-3-5-29(2)47-37-16-8-31(9-17-37)23-41-33-12-20-35(21-13-33)43-25-39-27-45-39/h6-23,28-29,38-39H,3-5,24-27H2,1-2H3. The van der Waals surface area contributed by atoms with Crippen LogP contribution in [0.5, 0.6) is 23.0 Å². The van der Waals surface area contributed by atoms with Gasteiger partial charge in [-0.2, -0.15) is 0 Å². The van der Waals surface area contributed by atoms with Crippen molar-refractivity contribution >= 4 is 23.8 Å². The molecule has 2 aliphatic rings. The van der Waals surface area contributed by atoms with Crippen molar-refractivity contribution in [1.29, 1.82) is 0 Å². The van der Waals surface area contributed by atoms with Gasteiger partial charge >= 0.3 is 0 Å². The number of ether oxygens (including phenoxy) is 6. The Kier molecular flexibility index (Phi) is 11.2. The molecule has 2 heterocycles. The summed E-state index contributed by atoms with van der Waals surface area (Å²) in [4.78, 5) is 9.14. The number of benzene rings is 4. The molecule has 0 spiro atoms.